The Kier molecular flexibility index (Phi) is 5.53. The van der Waals surface area contributed by atoms with Crippen LogP contribution >= 0.6 is 0 Å². The number of nitrogens with one attached hydrogen (secondary N) is 1. The second-order valence-corrected chi connectivity index (χ2v) is 7.35. The van der Waals surface area contributed by atoms with Crippen molar-refractivity contribution in [1.29, 1.82) is 0 Å². The van der Waals surface area contributed by atoms with Crippen molar-refractivity contribution in [2.75, 3.05) is 23.3 Å². The van der Waals surface area contributed by atoms with Crippen LogP contribution in [0.1, 0.15) is 18.4 Å². The van der Waals surface area contributed by atoms with Gasteiger partial charge in [0, 0.05) is 36.1 Å². The lowest BCUT2D eigenvalue weighted by atomic mass is 10.1. The highest BCUT2D eigenvalue weighted by atomic mass is 19.4. The molecule has 1 saturated heterocycles. The van der Waals surface area contributed by atoms with E-state index in [0.717, 1.165) is 42.9 Å². The number of benzene rings is 2. The SMILES string of the molecule is Cc1ccc(-c2cc(N3CCCC3)cc(Nc3ccc(OC(F)(F)F)cc3)n2)cc1. The summed E-state index contributed by atoms with van der Waals surface area (Å²) in [6, 6.07) is 17.9. The van der Waals surface area contributed by atoms with Crippen LogP contribution in [0.15, 0.2) is 60.7 Å². The number of hydrogen-bond acceptors (Lipinski definition) is 4. The maximum absolute atomic E-state index is 12.4. The second kappa shape index (κ2) is 8.26. The number of aryl methyl sites for hydroxylation is 1. The number of aromatic nitrogens is 1. The van der Waals surface area contributed by atoms with E-state index >= 15 is 0 Å². The molecule has 1 fully saturated rings. The molecule has 1 aliphatic heterocycles. The van der Waals surface area contributed by atoms with Crippen molar-refractivity contribution in [2.24, 2.45) is 0 Å². The maximum Gasteiger partial charge on any atom is 0.573 e. The van der Waals surface area contributed by atoms with E-state index < -0.39 is 6.36 Å². The normalized spacial score (nSPS) is 14.1. The van der Waals surface area contributed by atoms with Crippen molar-refractivity contribution < 1.29 is 17.9 Å². The fourth-order valence-electron chi connectivity index (χ4n) is 3.50. The molecule has 1 aromatic heterocycles. The predicted octanol–water partition coefficient (Wildman–Crippen LogP) is 6.30. The van der Waals surface area contributed by atoms with Crippen LogP contribution < -0.4 is 15.0 Å². The number of halogens is 3. The summed E-state index contributed by atoms with van der Waals surface area (Å²) >= 11 is 0. The number of anilines is 3. The first-order valence-electron chi connectivity index (χ1n) is 9.83. The number of ether oxygens (including phenoxy) is 1. The van der Waals surface area contributed by atoms with Crippen molar-refractivity contribution in [1.82, 2.24) is 4.98 Å². The number of alkyl halides is 3. The highest BCUT2D eigenvalue weighted by molar-refractivity contribution is 5.71. The fraction of sp³-hybridized carbons (Fsp3) is 0.261. The molecule has 4 nitrogen and oxygen atoms in total. The average Bonchev–Trinajstić information content (AvgIpc) is 3.24. The van der Waals surface area contributed by atoms with Gasteiger partial charge < -0.3 is 15.0 Å². The van der Waals surface area contributed by atoms with Gasteiger partial charge in [-0.25, -0.2) is 4.98 Å². The molecule has 2 aromatic carbocycles. The van der Waals surface area contributed by atoms with Gasteiger partial charge in [0.15, 0.2) is 0 Å². The molecule has 30 heavy (non-hydrogen) atoms. The number of hydrogen-bond donors (Lipinski definition) is 1. The monoisotopic (exact) mass is 413 g/mol. The Morgan fingerprint density at radius 2 is 1.60 bits per heavy atom. The molecule has 0 bridgehead atoms. The predicted molar refractivity (Wildman–Crippen MR) is 112 cm³/mol. The van der Waals surface area contributed by atoms with E-state index in [1.165, 1.54) is 29.8 Å². The maximum atomic E-state index is 12.4. The smallest absolute Gasteiger partial charge is 0.406 e. The highest BCUT2D eigenvalue weighted by Crippen LogP contribution is 2.31. The molecule has 1 N–H and O–H groups in total. The van der Waals surface area contributed by atoms with Crippen LogP contribution in [0.4, 0.5) is 30.4 Å². The van der Waals surface area contributed by atoms with Gasteiger partial charge in [0.25, 0.3) is 0 Å². The zero-order valence-corrected chi connectivity index (χ0v) is 16.5. The second-order valence-electron chi connectivity index (χ2n) is 7.35. The van der Waals surface area contributed by atoms with Gasteiger partial charge in [-0.1, -0.05) is 29.8 Å². The third kappa shape index (κ3) is 5.03. The minimum Gasteiger partial charge on any atom is -0.406 e. The standard InChI is InChI=1S/C23H22F3N3O/c1-16-4-6-17(7-5-16)21-14-19(29-12-2-3-13-29)15-22(28-21)27-18-8-10-20(11-9-18)30-23(24,25)26/h4-11,14-15H,2-3,12-13H2,1H3,(H,27,28). The first kappa shape index (κ1) is 20.1. The molecule has 0 saturated carbocycles. The summed E-state index contributed by atoms with van der Waals surface area (Å²) < 4.78 is 41.0. The molecule has 0 radical (unpaired) electrons. The average molecular weight is 413 g/mol. The zero-order chi connectivity index (χ0) is 21.1. The molecule has 1 aliphatic rings. The Bertz CT molecular complexity index is 996. The Morgan fingerprint density at radius 3 is 2.23 bits per heavy atom. The molecular formula is C23H22F3N3O. The lowest BCUT2D eigenvalue weighted by Crippen LogP contribution is -2.18. The lowest BCUT2D eigenvalue weighted by Gasteiger charge is -2.20. The molecule has 3 aromatic rings. The molecule has 156 valence electrons. The van der Waals surface area contributed by atoms with Crippen LogP contribution in [0, 0.1) is 6.92 Å². The van der Waals surface area contributed by atoms with Crippen molar-refractivity contribution in [3.05, 3.63) is 66.2 Å². The van der Waals surface area contributed by atoms with Crippen molar-refractivity contribution in [3.8, 4) is 17.0 Å². The summed E-state index contributed by atoms with van der Waals surface area (Å²) in [6.07, 6.45) is -2.39. The molecule has 4 rings (SSSR count). The molecule has 0 unspecified atom stereocenters. The molecule has 7 heteroatoms. The van der Waals surface area contributed by atoms with Crippen LogP contribution in [0.25, 0.3) is 11.3 Å². The van der Waals surface area contributed by atoms with E-state index in [4.69, 9.17) is 4.98 Å². The third-order valence-corrected chi connectivity index (χ3v) is 4.99. The fourth-order valence-corrected chi connectivity index (χ4v) is 3.50. The van der Waals surface area contributed by atoms with Crippen molar-refractivity contribution in [2.45, 2.75) is 26.1 Å². The van der Waals surface area contributed by atoms with Gasteiger partial charge in [-0.05, 0) is 50.1 Å². The van der Waals surface area contributed by atoms with Gasteiger partial charge in [0.2, 0.25) is 0 Å². The van der Waals surface area contributed by atoms with Crippen LogP contribution in [0.5, 0.6) is 5.75 Å². The molecule has 0 atom stereocenters. The summed E-state index contributed by atoms with van der Waals surface area (Å²) in [5, 5.41) is 3.20. The van der Waals surface area contributed by atoms with E-state index in [1.54, 1.807) is 0 Å². The lowest BCUT2D eigenvalue weighted by molar-refractivity contribution is -0.274. The summed E-state index contributed by atoms with van der Waals surface area (Å²) in [7, 11) is 0. The van der Waals surface area contributed by atoms with Gasteiger partial charge >= 0.3 is 6.36 Å². The van der Waals surface area contributed by atoms with Gasteiger partial charge in [0.05, 0.1) is 5.69 Å². The first-order chi connectivity index (χ1) is 14.4. The van der Waals surface area contributed by atoms with E-state index in [1.807, 2.05) is 37.3 Å². The van der Waals surface area contributed by atoms with Crippen LogP contribution in [0.2, 0.25) is 0 Å². The molecule has 0 amide bonds. The van der Waals surface area contributed by atoms with Gasteiger partial charge in [-0.15, -0.1) is 13.2 Å². The minimum atomic E-state index is -4.70. The molecule has 0 aliphatic carbocycles. The quantitative estimate of drug-likeness (QED) is 0.533. The van der Waals surface area contributed by atoms with Crippen molar-refractivity contribution in [3.63, 3.8) is 0 Å². The Morgan fingerprint density at radius 1 is 0.933 bits per heavy atom. The Balaban J connectivity index is 1.62. The Labute approximate surface area is 173 Å². The molecular weight excluding hydrogens is 391 g/mol. The summed E-state index contributed by atoms with van der Waals surface area (Å²) in [5.74, 6) is 0.381. The minimum absolute atomic E-state index is 0.257. The van der Waals surface area contributed by atoms with Crippen LogP contribution in [-0.2, 0) is 0 Å². The number of pyridine rings is 1. The van der Waals surface area contributed by atoms with E-state index in [9.17, 15) is 13.2 Å². The zero-order valence-electron chi connectivity index (χ0n) is 16.5. The topological polar surface area (TPSA) is 37.4 Å². The van der Waals surface area contributed by atoms with Crippen LogP contribution in [0.3, 0.4) is 0 Å². The summed E-state index contributed by atoms with van der Waals surface area (Å²) in [4.78, 5) is 7.06. The Hall–Kier alpha value is -3.22. The molecule has 0 spiro atoms. The largest absolute Gasteiger partial charge is 0.573 e. The highest BCUT2D eigenvalue weighted by Gasteiger charge is 2.30. The molecule has 2 heterocycles. The summed E-state index contributed by atoms with van der Waals surface area (Å²) in [6.45, 7) is 4.04. The van der Waals surface area contributed by atoms with Gasteiger partial charge in [-0.3, -0.25) is 0 Å². The first-order valence-corrected chi connectivity index (χ1v) is 9.83. The van der Waals surface area contributed by atoms with Crippen molar-refractivity contribution >= 4 is 17.2 Å². The number of nitrogens with zero attached hydrogens (tertiary/aromatic N) is 2. The van der Waals surface area contributed by atoms with Gasteiger partial charge in [-0.2, -0.15) is 0 Å². The van der Waals surface area contributed by atoms with E-state index in [2.05, 4.69) is 21.0 Å². The van der Waals surface area contributed by atoms with E-state index in [0.29, 0.717) is 11.5 Å². The van der Waals surface area contributed by atoms with Gasteiger partial charge in [0.1, 0.15) is 11.6 Å². The van der Waals surface area contributed by atoms with E-state index in [-0.39, 0.29) is 5.75 Å². The summed E-state index contributed by atoms with van der Waals surface area (Å²) in [5.41, 5.74) is 4.74. The third-order valence-electron chi connectivity index (χ3n) is 4.99. The van der Waals surface area contributed by atoms with Crippen LogP contribution in [-0.4, -0.2) is 24.4 Å². The number of rotatable bonds is 5.